The van der Waals surface area contributed by atoms with Crippen LogP contribution in [0.15, 0.2) is 48.5 Å². The van der Waals surface area contributed by atoms with E-state index in [4.69, 9.17) is 14.6 Å². The van der Waals surface area contributed by atoms with Crippen LogP contribution in [-0.4, -0.2) is 36.0 Å². The summed E-state index contributed by atoms with van der Waals surface area (Å²) in [5.74, 6) is -0.361. The van der Waals surface area contributed by atoms with E-state index in [2.05, 4.69) is 21.2 Å². The first kappa shape index (κ1) is 19.5. The number of carboxylic acids is 1. The highest BCUT2D eigenvalue weighted by Crippen LogP contribution is 2.28. The van der Waals surface area contributed by atoms with Crippen molar-refractivity contribution in [3.8, 4) is 11.5 Å². The lowest BCUT2D eigenvalue weighted by molar-refractivity contribution is -0.111. The zero-order valence-corrected chi connectivity index (χ0v) is 15.7. The molecule has 2 aromatic carbocycles. The molecule has 0 radical (unpaired) electrons. The van der Waals surface area contributed by atoms with Gasteiger partial charge in [-0.15, -0.1) is 0 Å². The number of rotatable bonds is 8. The molecule has 2 aromatic rings. The molecule has 26 heavy (non-hydrogen) atoms. The molecule has 0 unspecified atom stereocenters. The molecule has 0 aliphatic heterocycles. The molecular weight excluding hydrogens is 402 g/mol. The predicted molar refractivity (Wildman–Crippen MR) is 103 cm³/mol. The summed E-state index contributed by atoms with van der Waals surface area (Å²) < 4.78 is 10.8. The number of benzene rings is 2. The van der Waals surface area contributed by atoms with E-state index in [0.29, 0.717) is 23.4 Å². The number of aromatic carboxylic acids is 1. The van der Waals surface area contributed by atoms with Crippen molar-refractivity contribution in [1.29, 1.82) is 0 Å². The van der Waals surface area contributed by atoms with Crippen molar-refractivity contribution in [2.45, 2.75) is 0 Å². The van der Waals surface area contributed by atoms with E-state index in [1.54, 1.807) is 43.5 Å². The summed E-state index contributed by atoms with van der Waals surface area (Å²) in [6, 6.07) is 11.5. The van der Waals surface area contributed by atoms with Gasteiger partial charge in [-0.1, -0.05) is 34.1 Å². The summed E-state index contributed by atoms with van der Waals surface area (Å²) in [6.45, 7) is 0.511. The van der Waals surface area contributed by atoms with Crippen molar-refractivity contribution < 1.29 is 24.2 Å². The monoisotopic (exact) mass is 419 g/mol. The molecule has 0 aliphatic carbocycles. The fourth-order valence-electron chi connectivity index (χ4n) is 2.18. The molecule has 1 amide bonds. The van der Waals surface area contributed by atoms with Gasteiger partial charge in [-0.2, -0.15) is 0 Å². The van der Waals surface area contributed by atoms with Gasteiger partial charge in [0.1, 0.15) is 0 Å². The van der Waals surface area contributed by atoms with Crippen molar-refractivity contribution in [1.82, 2.24) is 0 Å². The number of hydrogen-bond acceptors (Lipinski definition) is 4. The summed E-state index contributed by atoms with van der Waals surface area (Å²) >= 11 is 3.29. The highest BCUT2D eigenvalue weighted by Gasteiger charge is 2.10. The first-order chi connectivity index (χ1) is 12.5. The van der Waals surface area contributed by atoms with Crippen molar-refractivity contribution >= 4 is 39.6 Å². The molecule has 0 heterocycles. The Labute approximate surface area is 159 Å². The van der Waals surface area contributed by atoms with Gasteiger partial charge < -0.3 is 19.9 Å². The Morgan fingerprint density at radius 3 is 2.65 bits per heavy atom. The van der Waals surface area contributed by atoms with Crippen LogP contribution in [0.4, 0.5) is 5.69 Å². The molecule has 0 aliphatic rings. The van der Waals surface area contributed by atoms with E-state index in [-0.39, 0.29) is 11.3 Å². The normalized spacial score (nSPS) is 10.5. The number of halogens is 1. The minimum Gasteiger partial charge on any atom is -0.493 e. The Kier molecular flexibility index (Phi) is 7.23. The zero-order valence-electron chi connectivity index (χ0n) is 14.1. The number of nitrogens with one attached hydrogen (secondary N) is 1. The number of amides is 1. The third-order valence-corrected chi connectivity index (χ3v) is 3.69. The number of para-hydroxylation sites is 1. The largest absolute Gasteiger partial charge is 0.493 e. The maximum Gasteiger partial charge on any atom is 0.337 e. The highest BCUT2D eigenvalue weighted by atomic mass is 79.9. The van der Waals surface area contributed by atoms with E-state index in [1.807, 2.05) is 0 Å². The van der Waals surface area contributed by atoms with Gasteiger partial charge in [0, 0.05) is 11.4 Å². The second kappa shape index (κ2) is 9.62. The molecule has 7 heteroatoms. The molecule has 136 valence electrons. The van der Waals surface area contributed by atoms with Crippen molar-refractivity contribution in [2.24, 2.45) is 0 Å². The summed E-state index contributed by atoms with van der Waals surface area (Å²) in [6.07, 6.45) is 2.93. The molecular formula is C19H18BrNO5. The second-order valence-corrected chi connectivity index (χ2v) is 5.91. The minimum absolute atomic E-state index is 0.0317. The third-order valence-electron chi connectivity index (χ3n) is 3.36. The Morgan fingerprint density at radius 2 is 1.96 bits per heavy atom. The fraction of sp³-hybridized carbons (Fsp3) is 0.158. The third kappa shape index (κ3) is 5.35. The number of hydrogen-bond donors (Lipinski definition) is 2. The summed E-state index contributed by atoms with van der Waals surface area (Å²) in [4.78, 5) is 23.2. The van der Waals surface area contributed by atoms with Crippen LogP contribution in [0.5, 0.6) is 11.5 Å². The summed E-state index contributed by atoms with van der Waals surface area (Å²) in [7, 11) is 1.54. The van der Waals surface area contributed by atoms with Crippen molar-refractivity contribution in [3.05, 3.63) is 59.7 Å². The first-order valence-electron chi connectivity index (χ1n) is 7.73. The van der Waals surface area contributed by atoms with Crippen LogP contribution >= 0.6 is 15.9 Å². The zero-order chi connectivity index (χ0) is 18.9. The maximum atomic E-state index is 12.1. The molecule has 0 bridgehead atoms. The van der Waals surface area contributed by atoms with Crippen LogP contribution in [-0.2, 0) is 4.79 Å². The van der Waals surface area contributed by atoms with Gasteiger partial charge in [0.2, 0.25) is 5.91 Å². The van der Waals surface area contributed by atoms with Crippen LogP contribution in [0.3, 0.4) is 0 Å². The lowest BCUT2D eigenvalue weighted by Gasteiger charge is -2.10. The Morgan fingerprint density at radius 1 is 1.19 bits per heavy atom. The standard InChI is InChI=1S/C19H18BrNO5/c1-25-17-12-13(6-8-16(17)26-11-10-20)7-9-18(22)21-15-5-3-2-4-14(15)19(23)24/h2-9,12H,10-11H2,1H3,(H,21,22)(H,23,24). The number of carboxylic acid groups (broad SMARTS) is 1. The molecule has 2 rings (SSSR count). The predicted octanol–water partition coefficient (Wildman–Crippen LogP) is 3.82. The SMILES string of the molecule is COc1cc(C=CC(=O)Nc2ccccc2C(=O)O)ccc1OCCBr. The molecule has 0 fully saturated rings. The number of methoxy groups -OCH3 is 1. The van der Waals surface area contributed by atoms with Crippen LogP contribution < -0.4 is 14.8 Å². The van der Waals surface area contributed by atoms with Gasteiger partial charge in [0.25, 0.3) is 0 Å². The fourth-order valence-corrected chi connectivity index (χ4v) is 2.34. The maximum absolute atomic E-state index is 12.1. The van der Waals surface area contributed by atoms with E-state index < -0.39 is 11.9 Å². The van der Waals surface area contributed by atoms with E-state index in [9.17, 15) is 9.59 Å². The van der Waals surface area contributed by atoms with Crippen LogP contribution in [0, 0.1) is 0 Å². The average molecular weight is 420 g/mol. The number of alkyl halides is 1. The number of anilines is 1. The molecule has 2 N–H and O–H groups in total. The number of ether oxygens (including phenoxy) is 2. The molecule has 0 saturated carbocycles. The van der Waals surface area contributed by atoms with Gasteiger partial charge in [0.05, 0.1) is 25.0 Å². The Hall–Kier alpha value is -2.80. The van der Waals surface area contributed by atoms with Gasteiger partial charge in [0.15, 0.2) is 11.5 Å². The Balaban J connectivity index is 2.09. The molecule has 0 aromatic heterocycles. The topological polar surface area (TPSA) is 84.9 Å². The van der Waals surface area contributed by atoms with E-state index in [1.165, 1.54) is 18.2 Å². The number of carbonyl (C=O) groups excluding carboxylic acids is 1. The van der Waals surface area contributed by atoms with Gasteiger partial charge >= 0.3 is 5.97 Å². The summed E-state index contributed by atoms with van der Waals surface area (Å²) in [5.41, 5.74) is 1.02. The van der Waals surface area contributed by atoms with Crippen LogP contribution in [0.1, 0.15) is 15.9 Å². The van der Waals surface area contributed by atoms with E-state index >= 15 is 0 Å². The van der Waals surface area contributed by atoms with Crippen LogP contribution in [0.25, 0.3) is 6.08 Å². The smallest absolute Gasteiger partial charge is 0.337 e. The van der Waals surface area contributed by atoms with Crippen molar-refractivity contribution in [2.75, 3.05) is 24.4 Å². The molecule has 0 saturated heterocycles. The van der Waals surface area contributed by atoms with Crippen LogP contribution in [0.2, 0.25) is 0 Å². The molecule has 0 atom stereocenters. The first-order valence-corrected chi connectivity index (χ1v) is 8.85. The second-order valence-electron chi connectivity index (χ2n) is 5.12. The van der Waals surface area contributed by atoms with Crippen molar-refractivity contribution in [3.63, 3.8) is 0 Å². The molecule has 0 spiro atoms. The molecule has 6 nitrogen and oxygen atoms in total. The highest BCUT2D eigenvalue weighted by molar-refractivity contribution is 9.09. The minimum atomic E-state index is -1.10. The Bertz CT molecular complexity index is 819. The quantitative estimate of drug-likeness (QED) is 0.501. The van der Waals surface area contributed by atoms with Gasteiger partial charge in [-0.25, -0.2) is 4.79 Å². The van der Waals surface area contributed by atoms with Gasteiger partial charge in [-0.3, -0.25) is 4.79 Å². The lowest BCUT2D eigenvalue weighted by atomic mass is 10.1. The van der Waals surface area contributed by atoms with Gasteiger partial charge in [-0.05, 0) is 35.9 Å². The average Bonchev–Trinajstić information content (AvgIpc) is 2.65. The summed E-state index contributed by atoms with van der Waals surface area (Å²) in [5, 5.41) is 12.4. The number of carbonyl (C=O) groups is 2. The van der Waals surface area contributed by atoms with E-state index in [0.717, 1.165) is 5.56 Å². The lowest BCUT2D eigenvalue weighted by Crippen LogP contribution is -2.11.